The summed E-state index contributed by atoms with van der Waals surface area (Å²) in [6.45, 7) is 4.42. The molecule has 0 saturated carbocycles. The molecule has 2 amide bonds. The predicted molar refractivity (Wildman–Crippen MR) is 105 cm³/mol. The van der Waals surface area contributed by atoms with Gasteiger partial charge >= 0.3 is 0 Å². The minimum atomic E-state index is -0.364. The Morgan fingerprint density at radius 3 is 2.81 bits per heavy atom. The van der Waals surface area contributed by atoms with E-state index in [0.717, 1.165) is 27.0 Å². The number of fused-ring (bicyclic) bond motifs is 1. The number of nitrogens with one attached hydrogen (secondary N) is 1. The lowest BCUT2D eigenvalue weighted by Gasteiger charge is -2.17. The van der Waals surface area contributed by atoms with Crippen LogP contribution in [0.25, 0.3) is 10.2 Å². The van der Waals surface area contributed by atoms with E-state index in [1.165, 1.54) is 11.3 Å². The molecule has 0 radical (unpaired) electrons. The number of hydrogen-bond acceptors (Lipinski definition) is 4. The average Bonchev–Trinajstić information content (AvgIpc) is 3.17. The summed E-state index contributed by atoms with van der Waals surface area (Å²) in [6.07, 6.45) is 0.226. The van der Waals surface area contributed by atoms with E-state index in [9.17, 15) is 9.59 Å². The van der Waals surface area contributed by atoms with E-state index < -0.39 is 0 Å². The van der Waals surface area contributed by atoms with E-state index in [0.29, 0.717) is 11.7 Å². The second kappa shape index (κ2) is 6.53. The summed E-state index contributed by atoms with van der Waals surface area (Å²) < 4.78 is 1.05. The molecule has 1 aliphatic heterocycles. The lowest BCUT2D eigenvalue weighted by Crippen LogP contribution is -2.28. The average molecular weight is 365 g/mol. The molecule has 2 aromatic carbocycles. The van der Waals surface area contributed by atoms with Gasteiger partial charge in [-0.1, -0.05) is 29.5 Å². The van der Waals surface area contributed by atoms with E-state index in [1.54, 1.807) is 4.90 Å². The molecule has 1 aliphatic rings. The third-order valence-corrected chi connectivity index (χ3v) is 5.52. The number of rotatable bonds is 3. The SMILES string of the molecule is Cc1cccc(N2CC(C(=O)Nc3nc4ccc(C)cc4s3)CC2=O)c1. The fraction of sp³-hybridized carbons (Fsp3) is 0.250. The molecule has 1 N–H and O–H groups in total. The van der Waals surface area contributed by atoms with Crippen LogP contribution in [0, 0.1) is 19.8 Å². The summed E-state index contributed by atoms with van der Waals surface area (Å²) in [5.41, 5.74) is 3.97. The van der Waals surface area contributed by atoms with Crippen molar-refractivity contribution in [3.8, 4) is 0 Å². The zero-order valence-corrected chi connectivity index (χ0v) is 15.5. The maximum Gasteiger partial charge on any atom is 0.231 e. The maximum absolute atomic E-state index is 12.6. The monoisotopic (exact) mass is 365 g/mol. The van der Waals surface area contributed by atoms with Gasteiger partial charge in [-0.15, -0.1) is 0 Å². The van der Waals surface area contributed by atoms with Crippen molar-refractivity contribution in [3.05, 3.63) is 53.6 Å². The van der Waals surface area contributed by atoms with E-state index in [1.807, 2.05) is 50.2 Å². The van der Waals surface area contributed by atoms with Gasteiger partial charge in [-0.3, -0.25) is 9.59 Å². The van der Waals surface area contributed by atoms with Crippen molar-refractivity contribution in [1.82, 2.24) is 4.98 Å². The second-order valence-corrected chi connectivity index (χ2v) is 7.75. The Morgan fingerprint density at radius 1 is 1.19 bits per heavy atom. The van der Waals surface area contributed by atoms with Crippen LogP contribution in [0.4, 0.5) is 10.8 Å². The molecule has 26 heavy (non-hydrogen) atoms. The van der Waals surface area contributed by atoms with Gasteiger partial charge in [-0.25, -0.2) is 4.98 Å². The normalized spacial score (nSPS) is 17.1. The van der Waals surface area contributed by atoms with E-state index >= 15 is 0 Å². The number of amides is 2. The number of aromatic nitrogens is 1. The Bertz CT molecular complexity index is 1010. The van der Waals surface area contributed by atoms with Gasteiger partial charge in [0.25, 0.3) is 0 Å². The zero-order chi connectivity index (χ0) is 18.3. The first-order valence-electron chi connectivity index (χ1n) is 8.55. The fourth-order valence-corrected chi connectivity index (χ4v) is 4.19. The molecule has 5 nitrogen and oxygen atoms in total. The van der Waals surface area contributed by atoms with Crippen molar-refractivity contribution in [2.75, 3.05) is 16.8 Å². The van der Waals surface area contributed by atoms with E-state index in [4.69, 9.17) is 0 Å². The van der Waals surface area contributed by atoms with Crippen LogP contribution >= 0.6 is 11.3 Å². The molecule has 3 aromatic rings. The Morgan fingerprint density at radius 2 is 2.00 bits per heavy atom. The van der Waals surface area contributed by atoms with Crippen molar-refractivity contribution in [2.24, 2.45) is 5.92 Å². The van der Waals surface area contributed by atoms with Crippen LogP contribution in [0.2, 0.25) is 0 Å². The number of nitrogens with zero attached hydrogens (tertiary/aromatic N) is 2. The zero-order valence-electron chi connectivity index (χ0n) is 14.7. The van der Waals surface area contributed by atoms with Crippen molar-refractivity contribution < 1.29 is 9.59 Å². The third-order valence-electron chi connectivity index (χ3n) is 4.58. The van der Waals surface area contributed by atoms with E-state index in [-0.39, 0.29) is 24.2 Å². The summed E-state index contributed by atoms with van der Waals surface area (Å²) in [7, 11) is 0. The number of anilines is 2. The minimum Gasteiger partial charge on any atom is -0.312 e. The first-order valence-corrected chi connectivity index (χ1v) is 9.36. The number of aryl methyl sites for hydroxylation is 2. The van der Waals surface area contributed by atoms with Crippen LogP contribution in [0.15, 0.2) is 42.5 Å². The van der Waals surface area contributed by atoms with Crippen molar-refractivity contribution in [2.45, 2.75) is 20.3 Å². The van der Waals surface area contributed by atoms with Crippen LogP contribution < -0.4 is 10.2 Å². The van der Waals surface area contributed by atoms with Gasteiger partial charge < -0.3 is 10.2 Å². The molecule has 0 spiro atoms. The fourth-order valence-electron chi connectivity index (χ4n) is 3.22. The Kier molecular flexibility index (Phi) is 4.20. The van der Waals surface area contributed by atoms with Crippen molar-refractivity contribution in [1.29, 1.82) is 0 Å². The minimum absolute atomic E-state index is 0.0179. The smallest absolute Gasteiger partial charge is 0.231 e. The summed E-state index contributed by atoms with van der Waals surface area (Å²) >= 11 is 1.46. The van der Waals surface area contributed by atoms with Crippen LogP contribution in [-0.2, 0) is 9.59 Å². The Labute approximate surface area is 155 Å². The molecule has 4 rings (SSSR count). The summed E-state index contributed by atoms with van der Waals surface area (Å²) in [6, 6.07) is 13.8. The number of hydrogen-bond donors (Lipinski definition) is 1. The highest BCUT2D eigenvalue weighted by molar-refractivity contribution is 7.22. The molecule has 0 aliphatic carbocycles. The third kappa shape index (κ3) is 3.20. The summed E-state index contributed by atoms with van der Waals surface area (Å²) in [4.78, 5) is 31.1. The second-order valence-electron chi connectivity index (χ2n) is 6.72. The van der Waals surface area contributed by atoms with Crippen molar-refractivity contribution >= 4 is 44.2 Å². The quantitative estimate of drug-likeness (QED) is 0.765. The molecule has 1 unspecified atom stereocenters. The maximum atomic E-state index is 12.6. The number of benzene rings is 2. The predicted octanol–water partition coefficient (Wildman–Crippen LogP) is 3.90. The van der Waals surface area contributed by atoms with Crippen molar-refractivity contribution in [3.63, 3.8) is 0 Å². The van der Waals surface area contributed by atoms with Gasteiger partial charge in [0, 0.05) is 18.7 Å². The summed E-state index contributed by atoms with van der Waals surface area (Å²) in [5.74, 6) is -0.531. The highest BCUT2D eigenvalue weighted by atomic mass is 32.1. The standard InChI is InChI=1S/C20H19N3O2S/c1-12-4-3-5-15(8-12)23-11-14(10-18(23)24)19(25)22-20-21-16-7-6-13(2)9-17(16)26-20/h3-9,14H,10-11H2,1-2H3,(H,21,22,25). The Hall–Kier alpha value is -2.73. The van der Waals surface area contributed by atoms with Crippen LogP contribution in [0.3, 0.4) is 0 Å². The molecule has 2 heterocycles. The topological polar surface area (TPSA) is 62.3 Å². The molecule has 1 saturated heterocycles. The number of thiazole rings is 1. The molecular weight excluding hydrogens is 346 g/mol. The lowest BCUT2D eigenvalue weighted by molar-refractivity contribution is -0.122. The van der Waals surface area contributed by atoms with E-state index in [2.05, 4.69) is 16.4 Å². The van der Waals surface area contributed by atoms with Gasteiger partial charge in [-0.05, 0) is 49.2 Å². The van der Waals surface area contributed by atoms with Crippen LogP contribution in [-0.4, -0.2) is 23.3 Å². The van der Waals surface area contributed by atoms with Gasteiger partial charge in [0.15, 0.2) is 5.13 Å². The number of carbonyl (C=O) groups excluding carboxylic acids is 2. The molecular formula is C20H19N3O2S. The molecule has 132 valence electrons. The first-order chi connectivity index (χ1) is 12.5. The van der Waals surface area contributed by atoms with Gasteiger partial charge in [0.05, 0.1) is 16.1 Å². The Balaban J connectivity index is 1.49. The van der Waals surface area contributed by atoms with Gasteiger partial charge in [0.2, 0.25) is 11.8 Å². The van der Waals surface area contributed by atoms with Crippen LogP contribution in [0.5, 0.6) is 0 Å². The lowest BCUT2D eigenvalue weighted by atomic mass is 10.1. The summed E-state index contributed by atoms with van der Waals surface area (Å²) in [5, 5.41) is 3.47. The molecule has 0 bridgehead atoms. The molecule has 1 fully saturated rings. The first kappa shape index (κ1) is 16.7. The largest absolute Gasteiger partial charge is 0.312 e. The molecule has 6 heteroatoms. The highest BCUT2D eigenvalue weighted by Gasteiger charge is 2.35. The molecule has 1 aromatic heterocycles. The number of carbonyl (C=O) groups is 2. The highest BCUT2D eigenvalue weighted by Crippen LogP contribution is 2.29. The molecule has 1 atom stereocenters. The van der Waals surface area contributed by atoms with Gasteiger partial charge in [0.1, 0.15) is 0 Å². The van der Waals surface area contributed by atoms with Gasteiger partial charge in [-0.2, -0.15) is 0 Å². The van der Waals surface area contributed by atoms with Crippen LogP contribution in [0.1, 0.15) is 17.5 Å².